The van der Waals surface area contributed by atoms with Crippen LogP contribution in [0.3, 0.4) is 0 Å². The first-order valence-electron chi connectivity index (χ1n) is 4.74. The first kappa shape index (κ1) is 7.84. The molecule has 0 saturated heterocycles. The summed E-state index contributed by atoms with van der Waals surface area (Å²) in [4.78, 5) is 13.7. The molecular weight excluding hydrogens is 150 g/mol. The molecule has 0 unspecified atom stereocenters. The van der Waals surface area contributed by atoms with Crippen LogP contribution < -0.4 is 0 Å². The maximum atomic E-state index is 11.7. The van der Waals surface area contributed by atoms with Gasteiger partial charge in [-0.1, -0.05) is 6.08 Å². The molecule has 0 aromatic rings. The third-order valence-corrected chi connectivity index (χ3v) is 2.52. The Balaban J connectivity index is 1.93. The fraction of sp³-hybridized carbons (Fsp3) is 0.700. The molecule has 0 heterocycles. The monoisotopic (exact) mass is 165 g/mol. The van der Waals surface area contributed by atoms with Crippen molar-refractivity contribution in [2.24, 2.45) is 5.92 Å². The molecule has 1 amide bonds. The van der Waals surface area contributed by atoms with Gasteiger partial charge in [0.05, 0.1) is 0 Å². The van der Waals surface area contributed by atoms with Crippen LogP contribution in [-0.4, -0.2) is 23.4 Å². The first-order valence-corrected chi connectivity index (χ1v) is 4.74. The van der Waals surface area contributed by atoms with Gasteiger partial charge in [0.2, 0.25) is 5.91 Å². The summed E-state index contributed by atoms with van der Waals surface area (Å²) >= 11 is 0. The van der Waals surface area contributed by atoms with E-state index in [-0.39, 0.29) is 0 Å². The maximum absolute atomic E-state index is 11.7. The summed E-state index contributed by atoms with van der Waals surface area (Å²) in [6, 6.07) is 0.552. The second-order valence-electron chi connectivity index (χ2n) is 3.78. The molecule has 2 aliphatic rings. The Kier molecular flexibility index (Phi) is 1.91. The minimum Gasteiger partial charge on any atom is -0.336 e. The highest BCUT2D eigenvalue weighted by molar-refractivity contribution is 5.81. The number of carbonyl (C=O) groups is 1. The van der Waals surface area contributed by atoms with Crippen LogP contribution in [0.2, 0.25) is 0 Å². The van der Waals surface area contributed by atoms with E-state index in [4.69, 9.17) is 0 Å². The summed E-state index contributed by atoms with van der Waals surface area (Å²) in [7, 11) is 0. The first-order chi connectivity index (χ1) is 5.83. The van der Waals surface area contributed by atoms with Crippen molar-refractivity contribution < 1.29 is 4.79 Å². The number of nitrogens with zero attached hydrogens (tertiary/aromatic N) is 1. The van der Waals surface area contributed by atoms with Crippen molar-refractivity contribution in [3.8, 4) is 0 Å². The molecule has 2 aliphatic carbocycles. The molecule has 0 radical (unpaired) electrons. The Bertz CT molecular complexity index is 204. The lowest BCUT2D eigenvalue weighted by molar-refractivity contribution is -0.132. The zero-order valence-electron chi connectivity index (χ0n) is 7.33. The van der Waals surface area contributed by atoms with Crippen molar-refractivity contribution in [3.63, 3.8) is 0 Å². The van der Waals surface area contributed by atoms with E-state index < -0.39 is 0 Å². The molecule has 0 spiro atoms. The Morgan fingerprint density at radius 1 is 1.42 bits per heavy atom. The second-order valence-corrected chi connectivity index (χ2v) is 3.78. The predicted molar refractivity (Wildman–Crippen MR) is 47.7 cm³/mol. The summed E-state index contributed by atoms with van der Waals surface area (Å²) in [5.41, 5.74) is 0. The largest absolute Gasteiger partial charge is 0.336 e. The van der Waals surface area contributed by atoms with E-state index in [1.807, 2.05) is 11.0 Å². The zero-order valence-corrected chi connectivity index (χ0v) is 7.33. The van der Waals surface area contributed by atoms with Gasteiger partial charge >= 0.3 is 0 Å². The average Bonchev–Trinajstić information content (AvgIpc) is 2.88. The standard InChI is InChI=1S/C10H15NO/c1-2-7-11(9-5-6-9)10(12)8-3-4-8/h2,8-9H,1,3-7H2. The average molecular weight is 165 g/mol. The Morgan fingerprint density at radius 3 is 2.50 bits per heavy atom. The molecule has 12 heavy (non-hydrogen) atoms. The number of hydrogen-bond acceptors (Lipinski definition) is 1. The number of hydrogen-bond donors (Lipinski definition) is 0. The lowest BCUT2D eigenvalue weighted by Gasteiger charge is -2.20. The van der Waals surface area contributed by atoms with Crippen molar-refractivity contribution in [1.82, 2.24) is 4.90 Å². The molecule has 2 heteroatoms. The Hall–Kier alpha value is -0.790. The molecule has 2 fully saturated rings. The molecule has 0 aromatic heterocycles. The molecule has 66 valence electrons. The van der Waals surface area contributed by atoms with E-state index in [1.165, 1.54) is 12.8 Å². The van der Waals surface area contributed by atoms with Crippen molar-refractivity contribution in [2.75, 3.05) is 6.54 Å². The summed E-state index contributed by atoms with van der Waals surface area (Å²) in [5.74, 6) is 0.739. The number of rotatable bonds is 4. The van der Waals surface area contributed by atoms with E-state index >= 15 is 0 Å². The van der Waals surface area contributed by atoms with Gasteiger partial charge in [-0.15, -0.1) is 6.58 Å². The van der Waals surface area contributed by atoms with E-state index in [0.717, 1.165) is 19.4 Å². The minimum absolute atomic E-state index is 0.366. The van der Waals surface area contributed by atoms with E-state index in [1.54, 1.807) is 0 Å². The molecule has 0 N–H and O–H groups in total. The normalized spacial score (nSPS) is 22.0. The molecule has 0 aromatic carbocycles. The van der Waals surface area contributed by atoms with Gasteiger partial charge in [0, 0.05) is 18.5 Å². The highest BCUT2D eigenvalue weighted by Crippen LogP contribution is 2.35. The highest BCUT2D eigenvalue weighted by atomic mass is 16.2. The van der Waals surface area contributed by atoms with Crippen LogP contribution >= 0.6 is 0 Å². The molecule has 2 nitrogen and oxygen atoms in total. The van der Waals surface area contributed by atoms with E-state index in [2.05, 4.69) is 6.58 Å². The quantitative estimate of drug-likeness (QED) is 0.579. The minimum atomic E-state index is 0.366. The van der Waals surface area contributed by atoms with Crippen molar-refractivity contribution in [3.05, 3.63) is 12.7 Å². The topological polar surface area (TPSA) is 20.3 Å². The van der Waals surface area contributed by atoms with Crippen LogP contribution in [0.1, 0.15) is 25.7 Å². The predicted octanol–water partition coefficient (Wildman–Crippen LogP) is 1.57. The third-order valence-electron chi connectivity index (χ3n) is 2.52. The van der Waals surface area contributed by atoms with Crippen LogP contribution in [0.15, 0.2) is 12.7 Å². The highest BCUT2D eigenvalue weighted by Gasteiger charge is 2.39. The van der Waals surface area contributed by atoms with Gasteiger partial charge in [-0.2, -0.15) is 0 Å². The second kappa shape index (κ2) is 2.92. The lowest BCUT2D eigenvalue weighted by atomic mass is 10.3. The Morgan fingerprint density at radius 2 is 2.08 bits per heavy atom. The van der Waals surface area contributed by atoms with Crippen LogP contribution in [0.5, 0.6) is 0 Å². The van der Waals surface area contributed by atoms with Crippen molar-refractivity contribution in [2.45, 2.75) is 31.7 Å². The summed E-state index contributed by atoms with van der Waals surface area (Å²) in [6.45, 7) is 4.43. The maximum Gasteiger partial charge on any atom is 0.226 e. The molecule has 2 saturated carbocycles. The molecule has 0 bridgehead atoms. The van der Waals surface area contributed by atoms with Gasteiger partial charge in [-0.25, -0.2) is 0 Å². The Labute approximate surface area is 73.2 Å². The van der Waals surface area contributed by atoms with Crippen LogP contribution in [0.4, 0.5) is 0 Å². The van der Waals surface area contributed by atoms with Gasteiger partial charge in [-0.3, -0.25) is 4.79 Å². The zero-order chi connectivity index (χ0) is 8.55. The van der Waals surface area contributed by atoms with Crippen molar-refractivity contribution in [1.29, 1.82) is 0 Å². The van der Waals surface area contributed by atoms with Gasteiger partial charge < -0.3 is 4.90 Å². The molecule has 0 atom stereocenters. The van der Waals surface area contributed by atoms with Crippen LogP contribution in [0.25, 0.3) is 0 Å². The third kappa shape index (κ3) is 1.52. The fourth-order valence-corrected chi connectivity index (χ4v) is 1.51. The number of amides is 1. The molecule has 0 aliphatic heterocycles. The van der Waals surface area contributed by atoms with Gasteiger partial charge in [-0.05, 0) is 25.7 Å². The van der Waals surface area contributed by atoms with Crippen LogP contribution in [0, 0.1) is 5.92 Å². The van der Waals surface area contributed by atoms with E-state index in [9.17, 15) is 4.79 Å². The molecular formula is C10H15NO. The SMILES string of the molecule is C=CCN(C(=O)C1CC1)C1CC1. The summed E-state index contributed by atoms with van der Waals surface area (Å²) in [5, 5.41) is 0. The summed E-state index contributed by atoms with van der Waals surface area (Å²) in [6.07, 6.45) is 6.45. The smallest absolute Gasteiger partial charge is 0.226 e. The van der Waals surface area contributed by atoms with Crippen molar-refractivity contribution >= 4 is 5.91 Å². The lowest BCUT2D eigenvalue weighted by Crippen LogP contribution is -2.34. The molecule has 2 rings (SSSR count). The van der Waals surface area contributed by atoms with Gasteiger partial charge in [0.15, 0.2) is 0 Å². The van der Waals surface area contributed by atoms with Gasteiger partial charge in [0.25, 0.3) is 0 Å². The van der Waals surface area contributed by atoms with Crippen LogP contribution in [-0.2, 0) is 4.79 Å². The fourth-order valence-electron chi connectivity index (χ4n) is 1.51. The van der Waals surface area contributed by atoms with Gasteiger partial charge in [0.1, 0.15) is 0 Å². The number of carbonyl (C=O) groups excluding carboxylic acids is 1. The summed E-state index contributed by atoms with van der Waals surface area (Å²) < 4.78 is 0. The van der Waals surface area contributed by atoms with E-state index in [0.29, 0.717) is 17.9 Å².